The van der Waals surface area contributed by atoms with Gasteiger partial charge in [-0.25, -0.2) is 15.0 Å². The van der Waals surface area contributed by atoms with E-state index in [9.17, 15) is 18.0 Å². The van der Waals surface area contributed by atoms with Crippen molar-refractivity contribution in [1.82, 2.24) is 24.8 Å². The molecule has 10 heteroatoms. The number of benzene rings is 2. The number of rotatable bonds is 6. The number of anilines is 1. The van der Waals surface area contributed by atoms with Crippen LogP contribution < -0.4 is 10.6 Å². The van der Waals surface area contributed by atoms with Gasteiger partial charge < -0.3 is 15.2 Å². The highest BCUT2D eigenvalue weighted by Crippen LogP contribution is 2.32. The summed E-state index contributed by atoms with van der Waals surface area (Å²) in [5, 5.41) is 6.15. The van der Waals surface area contributed by atoms with Gasteiger partial charge in [0.25, 0.3) is 5.91 Å². The summed E-state index contributed by atoms with van der Waals surface area (Å²) in [6.45, 7) is 5.10. The Balaban J connectivity index is 1.43. The van der Waals surface area contributed by atoms with Crippen molar-refractivity contribution < 1.29 is 18.0 Å². The van der Waals surface area contributed by atoms with Crippen molar-refractivity contribution in [2.24, 2.45) is 7.05 Å². The van der Waals surface area contributed by atoms with Crippen LogP contribution in [0.5, 0.6) is 0 Å². The Kier molecular flexibility index (Phi) is 6.64. The molecule has 196 valence electrons. The summed E-state index contributed by atoms with van der Waals surface area (Å²) < 4.78 is 40.5. The third kappa shape index (κ3) is 4.98. The van der Waals surface area contributed by atoms with E-state index in [1.165, 1.54) is 11.6 Å². The number of carbonyl (C=O) groups excluding carboxylic acids is 1. The van der Waals surface area contributed by atoms with Crippen LogP contribution in [0.2, 0.25) is 0 Å². The molecule has 0 unspecified atom stereocenters. The Labute approximate surface area is 218 Å². The zero-order chi connectivity index (χ0) is 27.0. The molecule has 2 aromatic carbocycles. The van der Waals surface area contributed by atoms with Gasteiger partial charge in [-0.15, -0.1) is 0 Å². The number of imidazole rings is 1. The second-order valence-electron chi connectivity index (χ2n) is 9.57. The van der Waals surface area contributed by atoms with Gasteiger partial charge in [0.15, 0.2) is 11.5 Å². The number of alkyl halides is 3. The summed E-state index contributed by atoms with van der Waals surface area (Å²) >= 11 is 0. The molecule has 3 heterocycles. The van der Waals surface area contributed by atoms with Crippen molar-refractivity contribution in [3.63, 3.8) is 0 Å². The van der Waals surface area contributed by atoms with Crippen LogP contribution >= 0.6 is 0 Å². The van der Waals surface area contributed by atoms with E-state index in [4.69, 9.17) is 9.97 Å². The molecule has 1 aliphatic rings. The summed E-state index contributed by atoms with van der Waals surface area (Å²) in [5.41, 5.74) is 3.69. The number of halogens is 3. The normalized spacial score (nSPS) is 13.4. The number of aromatic nitrogens is 4. The third-order valence-electron chi connectivity index (χ3n) is 6.52. The highest BCUT2D eigenvalue weighted by molar-refractivity contribution is 6.01. The molecule has 2 aromatic heterocycles. The number of hydrogen-bond donors (Lipinski definition) is 2. The smallest absolute Gasteiger partial charge is 0.365 e. The number of hydrogen-bond acceptors (Lipinski definition) is 5. The molecule has 4 aromatic rings. The molecule has 1 amide bonds. The summed E-state index contributed by atoms with van der Waals surface area (Å²) in [7, 11) is 1.53. The first-order chi connectivity index (χ1) is 18.1. The van der Waals surface area contributed by atoms with E-state index in [-0.39, 0.29) is 17.6 Å². The largest absolute Gasteiger partial charge is 0.434 e. The quantitative estimate of drug-likeness (QED) is 0.347. The van der Waals surface area contributed by atoms with Crippen LogP contribution in [0.1, 0.15) is 52.6 Å². The molecule has 0 radical (unpaired) electrons. The maximum Gasteiger partial charge on any atom is 0.434 e. The van der Waals surface area contributed by atoms with Crippen LogP contribution in [-0.2, 0) is 26.2 Å². The van der Waals surface area contributed by atoms with Crippen molar-refractivity contribution >= 4 is 11.7 Å². The van der Waals surface area contributed by atoms with E-state index < -0.39 is 11.9 Å². The number of fused-ring (bicyclic) bond motifs is 1. The van der Waals surface area contributed by atoms with Crippen LogP contribution in [-0.4, -0.2) is 32.0 Å². The molecule has 0 bridgehead atoms. The van der Waals surface area contributed by atoms with E-state index in [0.717, 1.165) is 22.9 Å². The molecule has 2 N–H and O–H groups in total. The van der Waals surface area contributed by atoms with Gasteiger partial charge in [0.05, 0.1) is 5.69 Å². The molecule has 0 spiro atoms. The van der Waals surface area contributed by atoms with Crippen LogP contribution in [0, 0.1) is 0 Å². The Bertz CT molecular complexity index is 1490. The second kappa shape index (κ2) is 9.92. The Morgan fingerprint density at radius 1 is 1.05 bits per heavy atom. The van der Waals surface area contributed by atoms with Gasteiger partial charge in [0.1, 0.15) is 17.2 Å². The zero-order valence-corrected chi connectivity index (χ0v) is 21.2. The highest BCUT2D eigenvalue weighted by atomic mass is 19.4. The molecule has 0 saturated carbocycles. The summed E-state index contributed by atoms with van der Waals surface area (Å²) in [4.78, 5) is 26.0. The highest BCUT2D eigenvalue weighted by Gasteiger charge is 2.34. The first-order valence-electron chi connectivity index (χ1n) is 12.3. The average molecular weight is 521 g/mol. The van der Waals surface area contributed by atoms with Crippen LogP contribution in [0.4, 0.5) is 19.0 Å². The minimum Gasteiger partial charge on any atom is -0.365 e. The van der Waals surface area contributed by atoms with Gasteiger partial charge in [-0.3, -0.25) is 4.79 Å². The molecule has 0 aliphatic carbocycles. The van der Waals surface area contributed by atoms with Crippen LogP contribution in [0.3, 0.4) is 0 Å². The maximum atomic E-state index is 13.0. The number of amides is 1. The molecule has 7 nitrogen and oxygen atoms in total. The molecular weight excluding hydrogens is 493 g/mol. The minimum absolute atomic E-state index is 0.219. The SMILES string of the molecule is CC(C)c1ccccc1-c1nc2c(c(NCc3ccc(-c4nc(C(F)(F)F)cn4C)cc3)n1)C(=O)NCC2. The molecule has 38 heavy (non-hydrogen) atoms. The maximum absolute atomic E-state index is 13.0. The number of nitrogens with zero attached hydrogens (tertiary/aromatic N) is 4. The summed E-state index contributed by atoms with van der Waals surface area (Å²) in [5.74, 6) is 1.30. The lowest BCUT2D eigenvalue weighted by atomic mass is 9.96. The Morgan fingerprint density at radius 3 is 2.47 bits per heavy atom. The van der Waals surface area contributed by atoms with Crippen molar-refractivity contribution in [3.8, 4) is 22.8 Å². The van der Waals surface area contributed by atoms with Crippen LogP contribution in [0.25, 0.3) is 22.8 Å². The topological polar surface area (TPSA) is 84.7 Å². The molecule has 1 aliphatic heterocycles. The molecule has 0 saturated heterocycles. The van der Waals surface area contributed by atoms with E-state index in [1.807, 2.05) is 30.3 Å². The lowest BCUT2D eigenvalue weighted by Crippen LogP contribution is -2.34. The van der Waals surface area contributed by atoms with Crippen LogP contribution in [0.15, 0.2) is 54.7 Å². The predicted molar refractivity (Wildman–Crippen MR) is 139 cm³/mol. The van der Waals surface area contributed by atoms with Gasteiger partial charge in [-0.05, 0) is 17.0 Å². The Hall–Kier alpha value is -4.21. The zero-order valence-electron chi connectivity index (χ0n) is 21.2. The third-order valence-corrected chi connectivity index (χ3v) is 6.52. The lowest BCUT2D eigenvalue weighted by molar-refractivity contribution is -0.140. The van der Waals surface area contributed by atoms with Gasteiger partial charge >= 0.3 is 6.18 Å². The van der Waals surface area contributed by atoms with Crippen molar-refractivity contribution in [1.29, 1.82) is 0 Å². The summed E-state index contributed by atoms with van der Waals surface area (Å²) in [6.07, 6.45) is -2.92. The van der Waals surface area contributed by atoms with E-state index >= 15 is 0 Å². The molecule has 0 atom stereocenters. The van der Waals surface area contributed by atoms with E-state index in [1.54, 1.807) is 12.1 Å². The predicted octanol–water partition coefficient (Wildman–Crippen LogP) is 5.58. The first-order valence-corrected chi connectivity index (χ1v) is 12.3. The average Bonchev–Trinajstić information content (AvgIpc) is 3.29. The number of aryl methyl sites for hydroxylation is 1. The fourth-order valence-corrected chi connectivity index (χ4v) is 4.59. The van der Waals surface area contributed by atoms with Gasteiger partial charge in [-0.1, -0.05) is 62.4 Å². The van der Waals surface area contributed by atoms with E-state index in [2.05, 4.69) is 35.5 Å². The molecule has 0 fully saturated rings. The van der Waals surface area contributed by atoms with Gasteiger partial charge in [-0.2, -0.15) is 13.2 Å². The first kappa shape index (κ1) is 25.4. The minimum atomic E-state index is -4.50. The summed E-state index contributed by atoms with van der Waals surface area (Å²) in [6, 6.07) is 15.1. The number of carbonyl (C=O) groups is 1. The monoisotopic (exact) mass is 520 g/mol. The standard InChI is InChI=1S/C28H27F3N6O/c1-16(2)19-6-4-5-7-20(19)24-34-21-12-13-32-27(38)23(21)25(36-24)33-14-17-8-10-18(11-9-17)26-35-22(15-37(26)3)28(29,30)31/h4-11,15-16H,12-14H2,1-3H3,(H,32,38)(H,33,34,36). The van der Waals surface area contributed by atoms with Gasteiger partial charge in [0.2, 0.25) is 0 Å². The second-order valence-corrected chi connectivity index (χ2v) is 9.57. The van der Waals surface area contributed by atoms with E-state index in [0.29, 0.717) is 48.0 Å². The number of nitrogens with one attached hydrogen (secondary N) is 2. The molecular formula is C28H27F3N6O. The fourth-order valence-electron chi connectivity index (χ4n) is 4.59. The molecule has 5 rings (SSSR count). The van der Waals surface area contributed by atoms with Gasteiger partial charge in [0, 0.05) is 43.9 Å². The fraction of sp³-hybridized carbons (Fsp3) is 0.286. The lowest BCUT2D eigenvalue weighted by Gasteiger charge is -2.21. The van der Waals surface area contributed by atoms with Crippen molar-refractivity contribution in [2.75, 3.05) is 11.9 Å². The van der Waals surface area contributed by atoms with Crippen molar-refractivity contribution in [2.45, 2.75) is 38.9 Å². The van der Waals surface area contributed by atoms with Crippen molar-refractivity contribution in [3.05, 3.63) is 82.8 Å². The Morgan fingerprint density at radius 2 is 1.79 bits per heavy atom.